The van der Waals surface area contributed by atoms with Crippen LogP contribution in [0.1, 0.15) is 57.9 Å². The summed E-state index contributed by atoms with van der Waals surface area (Å²) in [5.41, 5.74) is 1.16. The summed E-state index contributed by atoms with van der Waals surface area (Å²) in [5.74, 6) is 0.937. The molecule has 5 nitrogen and oxygen atoms in total. The average molecular weight is 374 g/mol. The van der Waals surface area contributed by atoms with Gasteiger partial charge in [-0.1, -0.05) is 37.5 Å². The highest BCUT2D eigenvalue weighted by molar-refractivity contribution is 5.74. The molecule has 0 unspecified atom stereocenters. The van der Waals surface area contributed by atoms with Crippen molar-refractivity contribution < 1.29 is 9.53 Å². The van der Waals surface area contributed by atoms with E-state index < -0.39 is 0 Å². The maximum absolute atomic E-state index is 12.2. The summed E-state index contributed by atoms with van der Waals surface area (Å²) in [6.07, 6.45) is 8.59. The van der Waals surface area contributed by atoms with Crippen molar-refractivity contribution >= 4 is 6.03 Å². The number of fused-ring (bicyclic) bond motifs is 1. The van der Waals surface area contributed by atoms with Gasteiger partial charge in [0.2, 0.25) is 0 Å². The molecule has 2 N–H and O–H groups in total. The molecular formula is C22H35N3O2. The molecule has 1 aliphatic heterocycles. The highest BCUT2D eigenvalue weighted by Crippen LogP contribution is 2.25. The number of para-hydroxylation sites is 1. The third-order valence-corrected chi connectivity index (χ3v) is 5.80. The molecule has 3 rings (SSSR count). The predicted molar refractivity (Wildman–Crippen MR) is 109 cm³/mol. The van der Waals surface area contributed by atoms with E-state index in [1.807, 2.05) is 18.2 Å². The molecule has 0 spiro atoms. The van der Waals surface area contributed by atoms with Crippen LogP contribution in [0, 0.1) is 0 Å². The Bertz CT molecular complexity index is 599. The Balaban J connectivity index is 1.35. The number of urea groups is 1. The van der Waals surface area contributed by atoms with Crippen molar-refractivity contribution in [1.29, 1.82) is 0 Å². The Morgan fingerprint density at radius 1 is 1.22 bits per heavy atom. The molecule has 0 bridgehead atoms. The first-order valence-electron chi connectivity index (χ1n) is 10.6. The zero-order chi connectivity index (χ0) is 19.1. The number of nitrogens with one attached hydrogen (secondary N) is 2. The van der Waals surface area contributed by atoms with Crippen LogP contribution >= 0.6 is 0 Å². The van der Waals surface area contributed by atoms with Crippen molar-refractivity contribution in [1.82, 2.24) is 15.5 Å². The first-order chi connectivity index (χ1) is 13.1. The van der Waals surface area contributed by atoms with Gasteiger partial charge in [-0.2, -0.15) is 0 Å². The number of carbonyl (C=O) groups excluding carboxylic acids is 1. The minimum Gasteiger partial charge on any atom is -0.491 e. The van der Waals surface area contributed by atoms with E-state index in [4.69, 9.17) is 4.74 Å². The molecule has 0 radical (unpaired) electrons. The Morgan fingerprint density at radius 2 is 2.00 bits per heavy atom. The van der Waals surface area contributed by atoms with Gasteiger partial charge in [0.15, 0.2) is 0 Å². The third-order valence-electron chi connectivity index (χ3n) is 5.80. The van der Waals surface area contributed by atoms with Crippen LogP contribution in [0.25, 0.3) is 0 Å². The van der Waals surface area contributed by atoms with E-state index in [0.717, 1.165) is 36.7 Å². The summed E-state index contributed by atoms with van der Waals surface area (Å²) in [7, 11) is 0. The molecule has 2 amide bonds. The molecule has 1 aliphatic carbocycles. The second-order valence-corrected chi connectivity index (χ2v) is 8.20. The van der Waals surface area contributed by atoms with Crippen LogP contribution in [-0.4, -0.2) is 48.8 Å². The molecule has 1 fully saturated rings. The van der Waals surface area contributed by atoms with E-state index in [2.05, 4.69) is 35.4 Å². The summed E-state index contributed by atoms with van der Waals surface area (Å²) in [6.45, 7) is 6.88. The molecule has 1 aromatic rings. The summed E-state index contributed by atoms with van der Waals surface area (Å²) in [6, 6.07) is 9.29. The molecule has 27 heavy (non-hydrogen) atoms. The van der Waals surface area contributed by atoms with E-state index in [9.17, 15) is 4.79 Å². The van der Waals surface area contributed by atoms with Gasteiger partial charge in [-0.3, -0.25) is 4.90 Å². The molecule has 5 heteroatoms. The lowest BCUT2D eigenvalue weighted by Crippen LogP contribution is -2.48. The Kier molecular flexibility index (Phi) is 7.39. The molecule has 1 heterocycles. The lowest BCUT2D eigenvalue weighted by atomic mass is 9.93. The molecule has 0 aromatic heterocycles. The van der Waals surface area contributed by atoms with E-state index >= 15 is 0 Å². The van der Waals surface area contributed by atoms with E-state index in [0.29, 0.717) is 19.2 Å². The van der Waals surface area contributed by atoms with Gasteiger partial charge >= 0.3 is 6.03 Å². The van der Waals surface area contributed by atoms with Gasteiger partial charge in [-0.05, 0) is 51.2 Å². The Morgan fingerprint density at radius 3 is 2.78 bits per heavy atom. The second-order valence-electron chi connectivity index (χ2n) is 8.20. The third kappa shape index (κ3) is 5.86. The topological polar surface area (TPSA) is 53.6 Å². The van der Waals surface area contributed by atoms with Crippen LogP contribution < -0.4 is 15.4 Å². The van der Waals surface area contributed by atoms with Crippen molar-refractivity contribution in [3.63, 3.8) is 0 Å². The summed E-state index contributed by atoms with van der Waals surface area (Å²) < 4.78 is 5.74. The highest BCUT2D eigenvalue weighted by Gasteiger charge is 2.23. The van der Waals surface area contributed by atoms with E-state index in [1.165, 1.54) is 32.1 Å². The maximum Gasteiger partial charge on any atom is 0.315 e. The molecule has 1 saturated carbocycles. The standard InChI is InChI=1S/C22H35N3O2/c1-17(2)25(20-10-4-3-5-11-20)14-8-13-23-22(26)24-19-15-18-9-6-7-12-21(18)27-16-19/h6-7,9,12,17,19-20H,3-5,8,10-11,13-16H2,1-2H3,(H2,23,24,26)/t19-/m0/s1. The molecule has 150 valence electrons. The minimum absolute atomic E-state index is 0.0364. The predicted octanol–water partition coefficient (Wildman–Crippen LogP) is 3.72. The first-order valence-corrected chi connectivity index (χ1v) is 10.6. The zero-order valence-electron chi connectivity index (χ0n) is 16.9. The molecule has 0 saturated heterocycles. The normalized spacial score (nSPS) is 20.2. The van der Waals surface area contributed by atoms with Gasteiger partial charge < -0.3 is 15.4 Å². The minimum atomic E-state index is -0.0863. The average Bonchev–Trinajstić information content (AvgIpc) is 2.68. The Labute approximate surface area is 163 Å². The summed E-state index contributed by atoms with van der Waals surface area (Å²) in [5, 5.41) is 6.06. The van der Waals surface area contributed by atoms with Crippen molar-refractivity contribution in [3.05, 3.63) is 29.8 Å². The van der Waals surface area contributed by atoms with Crippen molar-refractivity contribution in [2.75, 3.05) is 19.7 Å². The van der Waals surface area contributed by atoms with Gasteiger partial charge in [0.25, 0.3) is 0 Å². The van der Waals surface area contributed by atoms with Crippen LogP contribution in [0.15, 0.2) is 24.3 Å². The largest absolute Gasteiger partial charge is 0.491 e. The lowest BCUT2D eigenvalue weighted by molar-refractivity contribution is 0.119. The molecule has 1 aromatic carbocycles. The quantitative estimate of drug-likeness (QED) is 0.716. The highest BCUT2D eigenvalue weighted by atomic mass is 16.5. The van der Waals surface area contributed by atoms with Gasteiger partial charge in [-0.15, -0.1) is 0 Å². The van der Waals surface area contributed by atoms with Gasteiger partial charge in [0.05, 0.1) is 6.04 Å². The van der Waals surface area contributed by atoms with Gasteiger partial charge in [-0.25, -0.2) is 4.79 Å². The fourth-order valence-electron chi connectivity index (χ4n) is 4.40. The summed E-state index contributed by atoms with van der Waals surface area (Å²) in [4.78, 5) is 14.8. The van der Waals surface area contributed by atoms with Gasteiger partial charge in [0.1, 0.15) is 12.4 Å². The van der Waals surface area contributed by atoms with Crippen LogP contribution in [0.2, 0.25) is 0 Å². The molecule has 2 aliphatic rings. The molecule has 1 atom stereocenters. The van der Waals surface area contributed by atoms with Crippen molar-refractivity contribution in [2.45, 2.75) is 76.9 Å². The summed E-state index contributed by atoms with van der Waals surface area (Å²) >= 11 is 0. The molecular weight excluding hydrogens is 338 g/mol. The number of amides is 2. The zero-order valence-corrected chi connectivity index (χ0v) is 16.9. The fraction of sp³-hybridized carbons (Fsp3) is 0.682. The van der Waals surface area contributed by atoms with Crippen molar-refractivity contribution in [2.24, 2.45) is 0 Å². The monoisotopic (exact) mass is 373 g/mol. The van der Waals surface area contributed by atoms with Crippen LogP contribution in [0.4, 0.5) is 4.79 Å². The SMILES string of the molecule is CC(C)N(CCCNC(=O)N[C@@H]1COc2ccccc2C1)C1CCCCC1. The number of benzene rings is 1. The number of rotatable bonds is 7. The smallest absolute Gasteiger partial charge is 0.315 e. The van der Waals surface area contributed by atoms with Crippen molar-refractivity contribution in [3.8, 4) is 5.75 Å². The maximum atomic E-state index is 12.2. The first kappa shape index (κ1) is 20.0. The van der Waals surface area contributed by atoms with Crippen LogP contribution in [0.5, 0.6) is 5.75 Å². The van der Waals surface area contributed by atoms with Gasteiger partial charge in [0, 0.05) is 25.2 Å². The number of hydrogen-bond acceptors (Lipinski definition) is 3. The fourth-order valence-corrected chi connectivity index (χ4v) is 4.40. The Hall–Kier alpha value is -1.75. The van der Waals surface area contributed by atoms with E-state index in [1.54, 1.807) is 0 Å². The number of carbonyl (C=O) groups is 1. The van der Waals surface area contributed by atoms with Crippen LogP contribution in [-0.2, 0) is 6.42 Å². The number of ether oxygens (including phenoxy) is 1. The number of hydrogen-bond donors (Lipinski definition) is 2. The van der Waals surface area contributed by atoms with E-state index in [-0.39, 0.29) is 12.1 Å². The number of nitrogens with zero attached hydrogens (tertiary/aromatic N) is 1. The second kappa shape index (κ2) is 9.98. The van der Waals surface area contributed by atoms with Crippen LogP contribution in [0.3, 0.4) is 0 Å². The lowest BCUT2D eigenvalue weighted by Gasteiger charge is -2.37.